The van der Waals surface area contributed by atoms with E-state index >= 15 is 0 Å². The number of esters is 1. The van der Waals surface area contributed by atoms with Gasteiger partial charge in [-0.15, -0.1) is 0 Å². The highest BCUT2D eigenvalue weighted by Gasteiger charge is 2.48. The van der Waals surface area contributed by atoms with Gasteiger partial charge in [-0.25, -0.2) is 4.79 Å². The van der Waals surface area contributed by atoms with Gasteiger partial charge in [-0.2, -0.15) is 0 Å². The van der Waals surface area contributed by atoms with Crippen molar-refractivity contribution in [3.05, 3.63) is 41.5 Å². The second-order valence-electron chi connectivity index (χ2n) is 12.4. The van der Waals surface area contributed by atoms with E-state index in [1.165, 1.54) is 17.1 Å². The molecule has 0 aromatic heterocycles. The number of amides is 3. The fourth-order valence-electron chi connectivity index (χ4n) is 4.77. The molecule has 1 aromatic carbocycles. The van der Waals surface area contributed by atoms with Crippen LogP contribution >= 0.6 is 0 Å². The third-order valence-corrected chi connectivity index (χ3v) is 7.56. The SMILES string of the molecule is CC(C)(C)C(=O)OCc1ccc(CCCCNC(=O)CCCCCN2C(=O)C=CC2=O)cc1O[C@@H]1O[C@H](C(=O)O)[C@@H](O)[C@H](O)[C@H]1O. The molecule has 1 aromatic rings. The van der Waals surface area contributed by atoms with E-state index in [1.54, 1.807) is 32.9 Å². The minimum absolute atomic E-state index is 0.0853. The van der Waals surface area contributed by atoms with Crippen molar-refractivity contribution in [1.82, 2.24) is 10.2 Å². The van der Waals surface area contributed by atoms with Gasteiger partial charge in [-0.3, -0.25) is 24.1 Å². The van der Waals surface area contributed by atoms with Crippen molar-refractivity contribution in [3.8, 4) is 5.75 Å². The molecule has 3 amide bonds. The average Bonchev–Trinajstić information content (AvgIpc) is 3.31. The third-order valence-electron chi connectivity index (χ3n) is 7.56. The van der Waals surface area contributed by atoms with E-state index in [9.17, 15) is 44.4 Å². The Morgan fingerprint density at radius 3 is 2.28 bits per heavy atom. The van der Waals surface area contributed by atoms with Gasteiger partial charge in [-0.1, -0.05) is 18.6 Å². The predicted octanol–water partition coefficient (Wildman–Crippen LogP) is 0.971. The Hall–Kier alpha value is -3.85. The van der Waals surface area contributed by atoms with Gasteiger partial charge in [0.15, 0.2) is 6.10 Å². The molecule has 1 fully saturated rings. The van der Waals surface area contributed by atoms with E-state index < -0.39 is 48.1 Å². The number of carbonyl (C=O) groups is 5. The molecule has 14 heteroatoms. The minimum Gasteiger partial charge on any atom is -0.479 e. The van der Waals surface area contributed by atoms with Crippen LogP contribution in [0.15, 0.2) is 30.4 Å². The van der Waals surface area contributed by atoms with Crippen LogP contribution in [0, 0.1) is 5.41 Å². The number of aliphatic carboxylic acids is 1. The monoisotopic (exact) mass is 648 g/mol. The number of nitrogens with one attached hydrogen (secondary N) is 1. The largest absolute Gasteiger partial charge is 0.479 e. The lowest BCUT2D eigenvalue weighted by Gasteiger charge is -2.38. The van der Waals surface area contributed by atoms with Gasteiger partial charge in [-0.05, 0) is 64.5 Å². The molecule has 2 aliphatic heterocycles. The molecule has 2 heterocycles. The van der Waals surface area contributed by atoms with Crippen LogP contribution in [0.25, 0.3) is 0 Å². The Morgan fingerprint density at radius 1 is 0.935 bits per heavy atom. The molecular weight excluding hydrogens is 604 g/mol. The number of aryl methyl sites for hydroxylation is 1. The normalized spacial score (nSPS) is 23.0. The van der Waals surface area contributed by atoms with Crippen molar-refractivity contribution in [1.29, 1.82) is 0 Å². The molecule has 3 rings (SSSR count). The van der Waals surface area contributed by atoms with E-state index in [-0.39, 0.29) is 30.1 Å². The molecule has 0 unspecified atom stereocenters. The number of nitrogens with zero attached hydrogens (tertiary/aromatic N) is 1. The Bertz CT molecular complexity index is 1270. The summed E-state index contributed by atoms with van der Waals surface area (Å²) in [6, 6.07) is 5.12. The zero-order valence-corrected chi connectivity index (χ0v) is 26.3. The number of hydrogen-bond donors (Lipinski definition) is 5. The van der Waals surface area contributed by atoms with Gasteiger partial charge in [0.2, 0.25) is 12.2 Å². The standard InChI is InChI=1S/C32H44N2O12/c1-32(2,3)31(43)44-18-20-12-11-19(17-21(20)45-30-27(40)25(38)26(39)28(46-30)29(41)42)9-6-7-15-33-22(35)10-5-4-8-16-34-23(36)13-14-24(34)37/h11-14,17,25-28,30,38-40H,4-10,15-16,18H2,1-3H3,(H,33,35)(H,41,42)/t25-,26-,27+,28-,30+/m0/s1. The quantitative estimate of drug-likeness (QED) is 0.0965. The minimum atomic E-state index is -1.87. The van der Waals surface area contributed by atoms with Gasteiger partial charge in [0.1, 0.15) is 30.7 Å². The van der Waals surface area contributed by atoms with Gasteiger partial charge in [0, 0.05) is 37.2 Å². The Balaban J connectivity index is 1.50. The number of benzene rings is 1. The van der Waals surface area contributed by atoms with Crippen LogP contribution in [0.5, 0.6) is 5.75 Å². The molecule has 5 atom stereocenters. The molecule has 0 bridgehead atoms. The summed E-state index contributed by atoms with van der Waals surface area (Å²) in [6.45, 7) is 5.72. The summed E-state index contributed by atoms with van der Waals surface area (Å²) in [5.41, 5.74) is 0.452. The second kappa shape index (κ2) is 16.6. The number of unbranched alkanes of at least 4 members (excludes halogenated alkanes) is 3. The maximum atomic E-state index is 12.4. The molecule has 14 nitrogen and oxygen atoms in total. The Morgan fingerprint density at radius 2 is 1.63 bits per heavy atom. The number of ether oxygens (including phenoxy) is 3. The number of carboxylic acid groups (broad SMARTS) is 1. The summed E-state index contributed by atoms with van der Waals surface area (Å²) in [6.07, 6.45) is -2.20. The number of aliphatic hydroxyl groups excluding tert-OH is 3. The zero-order chi connectivity index (χ0) is 34.0. The molecule has 0 spiro atoms. The molecule has 254 valence electrons. The molecule has 5 N–H and O–H groups in total. The van der Waals surface area contributed by atoms with Gasteiger partial charge < -0.3 is 40.0 Å². The summed E-state index contributed by atoms with van der Waals surface area (Å²) in [5, 5.41) is 42.9. The first kappa shape index (κ1) is 36.6. The summed E-state index contributed by atoms with van der Waals surface area (Å²) in [4.78, 5) is 60.4. The van der Waals surface area contributed by atoms with Crippen LogP contribution in [0.2, 0.25) is 0 Å². The fraction of sp³-hybridized carbons (Fsp3) is 0.594. The van der Waals surface area contributed by atoms with Crippen LogP contribution in [0.1, 0.15) is 70.4 Å². The summed E-state index contributed by atoms with van der Waals surface area (Å²) < 4.78 is 16.5. The van der Waals surface area contributed by atoms with E-state index in [0.29, 0.717) is 63.6 Å². The zero-order valence-electron chi connectivity index (χ0n) is 26.3. The van der Waals surface area contributed by atoms with E-state index in [2.05, 4.69) is 5.32 Å². The smallest absolute Gasteiger partial charge is 0.335 e. The van der Waals surface area contributed by atoms with Crippen molar-refractivity contribution >= 4 is 29.7 Å². The number of aliphatic hydroxyl groups is 3. The van der Waals surface area contributed by atoms with Crippen LogP contribution in [-0.4, -0.2) is 98.8 Å². The first-order valence-electron chi connectivity index (χ1n) is 15.4. The first-order valence-corrected chi connectivity index (χ1v) is 15.4. The van der Waals surface area contributed by atoms with Crippen molar-refractivity contribution < 1.29 is 58.6 Å². The lowest BCUT2D eigenvalue weighted by molar-refractivity contribution is -0.271. The molecular formula is C32H44N2O12. The van der Waals surface area contributed by atoms with Crippen LogP contribution in [0.4, 0.5) is 0 Å². The van der Waals surface area contributed by atoms with Gasteiger partial charge in [0.25, 0.3) is 11.8 Å². The number of carboxylic acids is 1. The highest BCUT2D eigenvalue weighted by atomic mass is 16.7. The van der Waals surface area contributed by atoms with E-state index in [1.807, 2.05) is 6.07 Å². The Kier molecular flexibility index (Phi) is 13.2. The predicted molar refractivity (Wildman–Crippen MR) is 161 cm³/mol. The number of imide groups is 1. The maximum Gasteiger partial charge on any atom is 0.335 e. The first-order chi connectivity index (χ1) is 21.7. The lowest BCUT2D eigenvalue weighted by Crippen LogP contribution is -2.61. The van der Waals surface area contributed by atoms with Crippen molar-refractivity contribution in [2.75, 3.05) is 13.1 Å². The molecule has 0 aliphatic carbocycles. The van der Waals surface area contributed by atoms with Crippen LogP contribution in [-0.2, 0) is 46.5 Å². The average molecular weight is 649 g/mol. The number of hydrogen-bond acceptors (Lipinski definition) is 11. The third kappa shape index (κ3) is 10.3. The summed E-state index contributed by atoms with van der Waals surface area (Å²) in [5.74, 6) is -2.57. The molecule has 0 saturated carbocycles. The maximum absolute atomic E-state index is 12.4. The lowest BCUT2D eigenvalue weighted by atomic mass is 9.97. The summed E-state index contributed by atoms with van der Waals surface area (Å²) >= 11 is 0. The highest BCUT2D eigenvalue weighted by Crippen LogP contribution is 2.29. The molecule has 0 radical (unpaired) electrons. The number of carbonyl (C=O) groups excluding carboxylic acids is 4. The van der Waals surface area contributed by atoms with E-state index in [4.69, 9.17) is 14.2 Å². The topological polar surface area (TPSA) is 209 Å². The van der Waals surface area contributed by atoms with Crippen molar-refractivity contribution in [2.24, 2.45) is 5.41 Å². The van der Waals surface area contributed by atoms with Crippen LogP contribution < -0.4 is 10.1 Å². The molecule has 2 aliphatic rings. The fourth-order valence-corrected chi connectivity index (χ4v) is 4.77. The summed E-state index contributed by atoms with van der Waals surface area (Å²) in [7, 11) is 0. The highest BCUT2D eigenvalue weighted by molar-refractivity contribution is 6.12. The van der Waals surface area contributed by atoms with Gasteiger partial charge >= 0.3 is 11.9 Å². The molecule has 1 saturated heterocycles. The second-order valence-corrected chi connectivity index (χ2v) is 12.4. The van der Waals surface area contributed by atoms with Crippen LogP contribution in [0.3, 0.4) is 0 Å². The van der Waals surface area contributed by atoms with E-state index in [0.717, 1.165) is 5.56 Å². The van der Waals surface area contributed by atoms with Crippen molar-refractivity contribution in [3.63, 3.8) is 0 Å². The number of rotatable bonds is 16. The Labute approximate surface area is 267 Å². The molecule has 46 heavy (non-hydrogen) atoms. The van der Waals surface area contributed by atoms with Crippen molar-refractivity contribution in [2.45, 2.75) is 103 Å². The van der Waals surface area contributed by atoms with Gasteiger partial charge in [0.05, 0.1) is 5.41 Å².